The van der Waals surface area contributed by atoms with E-state index in [-0.39, 0.29) is 23.7 Å². The number of ether oxygens (including phenoxy) is 1. The van der Waals surface area contributed by atoms with E-state index in [9.17, 15) is 4.79 Å². The van der Waals surface area contributed by atoms with Gasteiger partial charge in [0.25, 0.3) is 0 Å². The van der Waals surface area contributed by atoms with Crippen molar-refractivity contribution in [1.82, 2.24) is 0 Å². The summed E-state index contributed by atoms with van der Waals surface area (Å²) in [6, 6.07) is 7.63. The topological polar surface area (TPSA) is 64.3 Å². The Morgan fingerprint density at radius 1 is 1.08 bits per heavy atom. The first-order valence-corrected chi connectivity index (χ1v) is 8.91. The van der Waals surface area contributed by atoms with Gasteiger partial charge in [0.05, 0.1) is 5.41 Å². The van der Waals surface area contributed by atoms with Crippen molar-refractivity contribution in [3.63, 3.8) is 0 Å². The van der Waals surface area contributed by atoms with Crippen LogP contribution in [0.25, 0.3) is 0 Å². The van der Waals surface area contributed by atoms with Crippen molar-refractivity contribution >= 4 is 24.0 Å². The van der Waals surface area contributed by atoms with E-state index in [1.165, 1.54) is 19.3 Å². The normalized spacial score (nSPS) is 33.0. The molecule has 4 aliphatic rings. The summed E-state index contributed by atoms with van der Waals surface area (Å²) in [6.45, 7) is 1.02. The van der Waals surface area contributed by atoms with Gasteiger partial charge in [0.15, 0.2) is 0 Å². The maximum Gasteiger partial charge on any atom is 0.230 e. The molecule has 0 aromatic heterocycles. The lowest BCUT2D eigenvalue weighted by Crippen LogP contribution is -2.51. The molecule has 4 bridgehead atoms. The van der Waals surface area contributed by atoms with Gasteiger partial charge in [0, 0.05) is 12.2 Å². The molecule has 3 N–H and O–H groups in total. The molecule has 5 rings (SSSR count). The maximum atomic E-state index is 13.0. The lowest BCUT2D eigenvalue weighted by molar-refractivity contribution is -0.140. The van der Waals surface area contributed by atoms with E-state index < -0.39 is 0 Å². The van der Waals surface area contributed by atoms with Gasteiger partial charge in [0.2, 0.25) is 5.91 Å². The molecule has 24 heavy (non-hydrogen) atoms. The van der Waals surface area contributed by atoms with Crippen molar-refractivity contribution in [2.24, 2.45) is 28.9 Å². The minimum Gasteiger partial charge on any atom is -0.492 e. The van der Waals surface area contributed by atoms with Crippen LogP contribution in [0.1, 0.15) is 38.5 Å². The minimum absolute atomic E-state index is 0. The monoisotopic (exact) mass is 350 g/mol. The number of hydrogen-bond donors (Lipinski definition) is 2. The number of benzene rings is 1. The summed E-state index contributed by atoms with van der Waals surface area (Å²) in [5.41, 5.74) is 6.21. The van der Waals surface area contributed by atoms with Crippen LogP contribution in [0.15, 0.2) is 24.3 Å². The molecule has 0 atom stereocenters. The van der Waals surface area contributed by atoms with E-state index in [2.05, 4.69) is 5.32 Å². The Kier molecular flexibility index (Phi) is 5.07. The van der Waals surface area contributed by atoms with Crippen LogP contribution >= 0.6 is 12.4 Å². The van der Waals surface area contributed by atoms with Gasteiger partial charge in [-0.3, -0.25) is 4.79 Å². The average Bonchev–Trinajstić information content (AvgIpc) is 2.53. The fourth-order valence-corrected chi connectivity index (χ4v) is 5.46. The molecule has 0 radical (unpaired) electrons. The van der Waals surface area contributed by atoms with E-state index in [1.54, 1.807) is 0 Å². The molecule has 1 aromatic rings. The first-order valence-electron chi connectivity index (χ1n) is 8.91. The van der Waals surface area contributed by atoms with Crippen molar-refractivity contribution in [1.29, 1.82) is 0 Å². The molecule has 0 heterocycles. The Morgan fingerprint density at radius 3 is 2.12 bits per heavy atom. The highest BCUT2D eigenvalue weighted by Gasteiger charge is 2.54. The second-order valence-electron chi connectivity index (χ2n) is 7.81. The van der Waals surface area contributed by atoms with Crippen LogP contribution in [0.3, 0.4) is 0 Å². The maximum absolute atomic E-state index is 13.0. The lowest BCUT2D eigenvalue weighted by atomic mass is 9.49. The highest BCUT2D eigenvalue weighted by Crippen LogP contribution is 2.60. The van der Waals surface area contributed by atoms with Crippen LogP contribution in [0.2, 0.25) is 0 Å². The molecule has 0 unspecified atom stereocenters. The van der Waals surface area contributed by atoms with Crippen molar-refractivity contribution in [3.05, 3.63) is 24.3 Å². The van der Waals surface area contributed by atoms with Crippen LogP contribution in [0.4, 0.5) is 5.69 Å². The van der Waals surface area contributed by atoms with Crippen molar-refractivity contribution in [3.8, 4) is 5.75 Å². The Morgan fingerprint density at radius 2 is 1.62 bits per heavy atom. The van der Waals surface area contributed by atoms with Crippen LogP contribution < -0.4 is 15.8 Å². The van der Waals surface area contributed by atoms with Crippen LogP contribution in [-0.2, 0) is 4.79 Å². The molecule has 0 aliphatic heterocycles. The van der Waals surface area contributed by atoms with Crippen LogP contribution in [0.5, 0.6) is 5.75 Å². The number of hydrogen-bond acceptors (Lipinski definition) is 3. The van der Waals surface area contributed by atoms with Gasteiger partial charge in [-0.15, -0.1) is 12.4 Å². The smallest absolute Gasteiger partial charge is 0.230 e. The molecule has 1 amide bonds. The quantitative estimate of drug-likeness (QED) is 0.852. The number of nitrogens with two attached hydrogens (primary N) is 1. The predicted octanol–water partition coefficient (Wildman–Crippen LogP) is 3.60. The zero-order valence-corrected chi connectivity index (χ0v) is 14.8. The van der Waals surface area contributed by atoms with Crippen LogP contribution in [0, 0.1) is 23.2 Å². The Bertz CT molecular complexity index is 552. The fourth-order valence-electron chi connectivity index (χ4n) is 5.46. The first kappa shape index (κ1) is 17.6. The molecule has 5 heteroatoms. The molecular formula is C19H27ClN2O2. The summed E-state index contributed by atoms with van der Waals surface area (Å²) < 4.78 is 5.48. The minimum atomic E-state index is -0.0938. The van der Waals surface area contributed by atoms with Gasteiger partial charge in [0.1, 0.15) is 12.4 Å². The number of nitrogens with one attached hydrogen (secondary N) is 1. The lowest BCUT2D eigenvalue weighted by Gasteiger charge is -2.55. The third-order valence-corrected chi connectivity index (χ3v) is 6.02. The third-order valence-electron chi connectivity index (χ3n) is 6.02. The highest BCUT2D eigenvalue weighted by molar-refractivity contribution is 5.95. The fraction of sp³-hybridized carbons (Fsp3) is 0.632. The Hall–Kier alpha value is -1.26. The van der Waals surface area contributed by atoms with E-state index in [0.717, 1.165) is 48.5 Å². The first-order chi connectivity index (χ1) is 11.2. The van der Waals surface area contributed by atoms with E-state index in [4.69, 9.17) is 10.5 Å². The summed E-state index contributed by atoms with van der Waals surface area (Å²) in [6.07, 6.45) is 7.38. The van der Waals surface area contributed by atoms with Gasteiger partial charge in [-0.25, -0.2) is 0 Å². The molecule has 4 nitrogen and oxygen atoms in total. The summed E-state index contributed by atoms with van der Waals surface area (Å²) >= 11 is 0. The summed E-state index contributed by atoms with van der Waals surface area (Å²) in [5, 5.41) is 3.16. The molecular weight excluding hydrogens is 324 g/mol. The molecule has 4 fully saturated rings. The van der Waals surface area contributed by atoms with Crippen molar-refractivity contribution < 1.29 is 9.53 Å². The molecule has 1 aromatic carbocycles. The summed E-state index contributed by atoms with van der Waals surface area (Å²) in [5.74, 6) is 3.41. The van der Waals surface area contributed by atoms with Crippen molar-refractivity contribution in [2.75, 3.05) is 18.5 Å². The zero-order valence-electron chi connectivity index (χ0n) is 14.0. The summed E-state index contributed by atoms with van der Waals surface area (Å²) in [7, 11) is 0. The van der Waals surface area contributed by atoms with Gasteiger partial charge < -0.3 is 15.8 Å². The number of halogens is 1. The number of rotatable bonds is 5. The zero-order chi connectivity index (χ0) is 15.9. The Labute approximate surface area is 149 Å². The van der Waals surface area contributed by atoms with Gasteiger partial charge in [-0.1, -0.05) is 0 Å². The second-order valence-corrected chi connectivity index (χ2v) is 7.81. The van der Waals surface area contributed by atoms with Crippen LogP contribution in [-0.4, -0.2) is 19.1 Å². The number of carbonyl (C=O) groups excluding carboxylic acids is 1. The molecule has 0 spiro atoms. The highest BCUT2D eigenvalue weighted by atomic mass is 35.5. The van der Waals surface area contributed by atoms with E-state index in [1.807, 2.05) is 24.3 Å². The predicted molar refractivity (Wildman–Crippen MR) is 97.5 cm³/mol. The third kappa shape index (κ3) is 3.27. The number of carbonyl (C=O) groups is 1. The number of anilines is 1. The van der Waals surface area contributed by atoms with Crippen molar-refractivity contribution in [2.45, 2.75) is 38.5 Å². The second kappa shape index (κ2) is 6.93. The molecule has 4 saturated carbocycles. The van der Waals surface area contributed by atoms with E-state index in [0.29, 0.717) is 13.2 Å². The molecule has 4 aliphatic carbocycles. The number of amides is 1. The molecule has 0 saturated heterocycles. The van der Waals surface area contributed by atoms with Gasteiger partial charge in [-0.2, -0.15) is 0 Å². The van der Waals surface area contributed by atoms with Gasteiger partial charge in [-0.05, 0) is 80.5 Å². The van der Waals surface area contributed by atoms with Gasteiger partial charge >= 0.3 is 0 Å². The SMILES string of the molecule is Cl.NCCOc1ccc(NC(=O)C23CC4CC(CC(C4)C2)C3)cc1. The largest absolute Gasteiger partial charge is 0.492 e. The van der Waals surface area contributed by atoms with E-state index >= 15 is 0 Å². The standard InChI is InChI=1S/C19H26N2O2.ClH/c20-5-6-23-17-3-1-16(2-4-17)21-18(22)19-10-13-7-14(11-19)9-15(8-13)12-19;/h1-4,13-15H,5-12,20H2,(H,21,22);1H. The molecule has 132 valence electrons. The average molecular weight is 351 g/mol. The summed E-state index contributed by atoms with van der Waals surface area (Å²) in [4.78, 5) is 13.0. The Balaban J connectivity index is 0.00000169.